The summed E-state index contributed by atoms with van der Waals surface area (Å²) in [5.41, 5.74) is 2.44. The molecule has 1 aliphatic rings. The Morgan fingerprint density at radius 3 is 2.37 bits per heavy atom. The molecule has 0 radical (unpaired) electrons. The van der Waals surface area contributed by atoms with E-state index in [0.717, 1.165) is 5.56 Å². The first-order valence-electron chi connectivity index (χ1n) is 12.0. The molecule has 2 amide bonds. The summed E-state index contributed by atoms with van der Waals surface area (Å²) in [5.74, 6) is -1.13. The number of carbonyl (C=O) groups is 3. The highest BCUT2D eigenvalue weighted by Crippen LogP contribution is 2.32. The number of nitrogens with zero attached hydrogens (tertiary/aromatic N) is 2. The van der Waals surface area contributed by atoms with Crippen LogP contribution in [0.4, 0.5) is 11.4 Å². The van der Waals surface area contributed by atoms with Gasteiger partial charge < -0.3 is 15.0 Å². The van der Waals surface area contributed by atoms with Crippen LogP contribution >= 0.6 is 35.4 Å². The lowest BCUT2D eigenvalue weighted by atomic mass is 10.1. The van der Waals surface area contributed by atoms with Crippen molar-refractivity contribution in [2.45, 2.75) is 25.8 Å². The van der Waals surface area contributed by atoms with E-state index in [1.54, 1.807) is 54.3 Å². The average molecular weight is 570 g/mol. The minimum Gasteiger partial charge on any atom is -0.462 e. The monoisotopic (exact) mass is 569 g/mol. The molecule has 1 atom stereocenters. The molecule has 1 aliphatic heterocycles. The quantitative estimate of drug-likeness (QED) is 0.261. The zero-order valence-corrected chi connectivity index (χ0v) is 22.9. The number of rotatable bonds is 9. The van der Waals surface area contributed by atoms with Crippen molar-refractivity contribution in [1.29, 1.82) is 0 Å². The van der Waals surface area contributed by atoms with E-state index in [9.17, 15) is 14.4 Å². The highest BCUT2D eigenvalue weighted by molar-refractivity contribution is 7.80. The number of ether oxygens (including phenoxy) is 1. The normalized spacial score (nSPS) is 15.1. The number of esters is 1. The van der Waals surface area contributed by atoms with Crippen molar-refractivity contribution < 1.29 is 19.1 Å². The summed E-state index contributed by atoms with van der Waals surface area (Å²) in [6, 6.07) is 20.2. The minimum absolute atomic E-state index is 0.120. The van der Waals surface area contributed by atoms with Crippen molar-refractivity contribution in [2.24, 2.45) is 0 Å². The van der Waals surface area contributed by atoms with E-state index in [4.69, 9.17) is 40.2 Å². The van der Waals surface area contributed by atoms with Gasteiger partial charge in [-0.2, -0.15) is 0 Å². The SMILES string of the molecule is CCOC(=O)c1ccc(NC(=O)C[C@@H]2C(=O)N(c3ccc(Cl)c(Cl)c3)C(=S)N2CCc2ccccc2)cc1. The van der Waals surface area contributed by atoms with Gasteiger partial charge in [-0.05, 0) is 73.6 Å². The molecule has 0 saturated carbocycles. The zero-order chi connectivity index (χ0) is 27.2. The smallest absolute Gasteiger partial charge is 0.338 e. The maximum Gasteiger partial charge on any atom is 0.338 e. The van der Waals surface area contributed by atoms with E-state index in [1.807, 2.05) is 30.3 Å². The third-order valence-electron chi connectivity index (χ3n) is 6.02. The zero-order valence-electron chi connectivity index (χ0n) is 20.5. The first-order chi connectivity index (χ1) is 18.3. The molecule has 3 aromatic carbocycles. The standard InChI is InChI=1S/C28H25Cl2N3O4S/c1-2-37-27(36)19-8-10-20(11-9-19)31-25(34)17-24-26(35)33(21-12-13-22(29)23(30)16-21)28(38)32(24)15-14-18-6-4-3-5-7-18/h3-13,16,24H,2,14-15,17H2,1H3,(H,31,34)/t24-/m1/s1. The number of amides is 2. The Balaban J connectivity index is 1.52. The predicted molar refractivity (Wildman–Crippen MR) is 153 cm³/mol. The number of benzene rings is 3. The summed E-state index contributed by atoms with van der Waals surface area (Å²) in [4.78, 5) is 41.7. The Hall–Kier alpha value is -3.46. The fourth-order valence-corrected chi connectivity index (χ4v) is 4.84. The van der Waals surface area contributed by atoms with E-state index in [0.29, 0.717) is 45.1 Å². The van der Waals surface area contributed by atoms with Gasteiger partial charge in [0.25, 0.3) is 5.91 Å². The molecule has 0 unspecified atom stereocenters. The van der Waals surface area contributed by atoms with Gasteiger partial charge in [0.1, 0.15) is 6.04 Å². The highest BCUT2D eigenvalue weighted by Gasteiger charge is 2.44. The van der Waals surface area contributed by atoms with Crippen LogP contribution in [-0.2, 0) is 20.7 Å². The van der Waals surface area contributed by atoms with Crippen LogP contribution in [0.2, 0.25) is 10.0 Å². The molecule has 3 aromatic rings. The molecule has 1 fully saturated rings. The maximum absolute atomic E-state index is 13.6. The molecule has 7 nitrogen and oxygen atoms in total. The van der Waals surface area contributed by atoms with Gasteiger partial charge in [-0.15, -0.1) is 0 Å². The summed E-state index contributed by atoms with van der Waals surface area (Å²) in [5, 5.41) is 3.74. The number of carbonyl (C=O) groups excluding carboxylic acids is 3. The lowest BCUT2D eigenvalue weighted by molar-refractivity contribution is -0.124. The topological polar surface area (TPSA) is 78.9 Å². The Morgan fingerprint density at radius 1 is 1.00 bits per heavy atom. The third-order valence-corrected chi connectivity index (χ3v) is 7.18. The summed E-state index contributed by atoms with van der Waals surface area (Å²) in [7, 11) is 0. The number of halogens is 2. The Bertz CT molecular complexity index is 1350. The van der Waals surface area contributed by atoms with Crippen LogP contribution in [0.3, 0.4) is 0 Å². The van der Waals surface area contributed by atoms with Crippen LogP contribution in [-0.4, -0.2) is 47.0 Å². The molecule has 0 aromatic heterocycles. The first-order valence-corrected chi connectivity index (χ1v) is 13.2. The number of nitrogens with one attached hydrogen (secondary N) is 1. The first kappa shape index (κ1) is 27.6. The molecule has 1 N–H and O–H groups in total. The van der Waals surface area contributed by atoms with E-state index in [1.165, 1.54) is 4.90 Å². The van der Waals surface area contributed by atoms with Gasteiger partial charge in [0, 0.05) is 12.2 Å². The third kappa shape index (κ3) is 6.32. The molecule has 0 aliphatic carbocycles. The van der Waals surface area contributed by atoms with Gasteiger partial charge in [-0.3, -0.25) is 14.5 Å². The molecule has 0 spiro atoms. The van der Waals surface area contributed by atoms with Crippen LogP contribution in [0.15, 0.2) is 72.8 Å². The molecule has 0 bridgehead atoms. The summed E-state index contributed by atoms with van der Waals surface area (Å²) < 4.78 is 4.98. The Morgan fingerprint density at radius 2 is 1.71 bits per heavy atom. The second kappa shape index (κ2) is 12.4. The van der Waals surface area contributed by atoms with Crippen LogP contribution in [0.1, 0.15) is 29.3 Å². The molecule has 196 valence electrons. The van der Waals surface area contributed by atoms with Gasteiger partial charge in [0.15, 0.2) is 5.11 Å². The fourth-order valence-electron chi connectivity index (χ4n) is 4.14. The maximum atomic E-state index is 13.6. The van der Waals surface area contributed by atoms with Crippen molar-refractivity contribution in [1.82, 2.24) is 4.90 Å². The van der Waals surface area contributed by atoms with Gasteiger partial charge in [0.05, 0.1) is 34.3 Å². The van der Waals surface area contributed by atoms with Crippen molar-refractivity contribution >= 4 is 69.7 Å². The molecule has 10 heteroatoms. The molecule has 38 heavy (non-hydrogen) atoms. The molecular weight excluding hydrogens is 545 g/mol. The average Bonchev–Trinajstić information content (AvgIpc) is 3.13. The Kier molecular flexibility index (Phi) is 8.99. The van der Waals surface area contributed by atoms with Gasteiger partial charge >= 0.3 is 5.97 Å². The Labute approximate surface area is 236 Å². The van der Waals surface area contributed by atoms with Crippen LogP contribution in [0.5, 0.6) is 0 Å². The van der Waals surface area contributed by atoms with Crippen molar-refractivity contribution in [3.63, 3.8) is 0 Å². The predicted octanol–water partition coefficient (Wildman–Crippen LogP) is 5.74. The van der Waals surface area contributed by atoms with Crippen LogP contribution < -0.4 is 10.2 Å². The van der Waals surface area contributed by atoms with E-state index >= 15 is 0 Å². The van der Waals surface area contributed by atoms with Crippen LogP contribution in [0.25, 0.3) is 0 Å². The summed E-state index contributed by atoms with van der Waals surface area (Å²) in [6.45, 7) is 2.45. The lowest BCUT2D eigenvalue weighted by Crippen LogP contribution is -2.39. The fraction of sp³-hybridized carbons (Fsp3) is 0.214. The minimum atomic E-state index is -0.806. The highest BCUT2D eigenvalue weighted by atomic mass is 35.5. The van der Waals surface area contributed by atoms with E-state index in [2.05, 4.69) is 5.32 Å². The molecule has 1 saturated heterocycles. The van der Waals surface area contributed by atoms with Crippen molar-refractivity contribution in [3.8, 4) is 0 Å². The number of thiocarbonyl (C=S) groups is 1. The molecule has 1 heterocycles. The van der Waals surface area contributed by atoms with Crippen molar-refractivity contribution in [3.05, 3.63) is 94.0 Å². The second-order valence-corrected chi connectivity index (χ2v) is 9.73. The molecular formula is C28H25Cl2N3O4S. The van der Waals surface area contributed by atoms with Crippen LogP contribution in [0, 0.1) is 0 Å². The van der Waals surface area contributed by atoms with E-state index in [-0.39, 0.29) is 24.8 Å². The van der Waals surface area contributed by atoms with E-state index < -0.39 is 12.0 Å². The van der Waals surface area contributed by atoms with Crippen molar-refractivity contribution in [2.75, 3.05) is 23.4 Å². The number of hydrogen-bond donors (Lipinski definition) is 1. The summed E-state index contributed by atoms with van der Waals surface area (Å²) >= 11 is 18.0. The van der Waals surface area contributed by atoms with Gasteiger partial charge in [-0.1, -0.05) is 53.5 Å². The van der Waals surface area contributed by atoms with Gasteiger partial charge in [-0.25, -0.2) is 4.79 Å². The van der Waals surface area contributed by atoms with Gasteiger partial charge in [0.2, 0.25) is 5.91 Å². The second-order valence-electron chi connectivity index (χ2n) is 8.55. The summed E-state index contributed by atoms with van der Waals surface area (Å²) in [6.07, 6.45) is 0.516. The molecule has 4 rings (SSSR count). The largest absolute Gasteiger partial charge is 0.462 e. The number of anilines is 2. The lowest BCUT2D eigenvalue weighted by Gasteiger charge is -2.24. The number of hydrogen-bond acceptors (Lipinski definition) is 5.